The minimum absolute atomic E-state index is 0.0254. The molecule has 2 aliphatic rings. The first-order chi connectivity index (χ1) is 12.1. The zero-order valence-corrected chi connectivity index (χ0v) is 14.4. The van der Waals surface area contributed by atoms with Gasteiger partial charge in [-0.25, -0.2) is 5.01 Å². The number of carbonyl (C=O) groups excluding carboxylic acids is 1. The quantitative estimate of drug-likeness (QED) is 0.914. The molecule has 0 fully saturated rings. The Hall–Kier alpha value is -2.47. The van der Waals surface area contributed by atoms with Crippen molar-refractivity contribution < 1.29 is 14.7 Å². The zero-order chi connectivity index (χ0) is 17.4. The lowest BCUT2D eigenvalue weighted by Gasteiger charge is -2.28. The van der Waals surface area contributed by atoms with E-state index in [9.17, 15) is 9.59 Å². The molecule has 4 rings (SSSR count). The molecule has 1 aromatic carbocycles. The summed E-state index contributed by atoms with van der Waals surface area (Å²) in [4.78, 5) is 24.6. The van der Waals surface area contributed by atoms with E-state index in [0.717, 1.165) is 29.0 Å². The molecule has 1 N–H and O–H groups in total. The minimum Gasteiger partial charge on any atom is -0.481 e. The summed E-state index contributed by atoms with van der Waals surface area (Å²) in [5.74, 6) is -1.02. The Morgan fingerprint density at radius 2 is 2.04 bits per heavy atom. The third-order valence-electron chi connectivity index (χ3n) is 4.87. The molecule has 1 aliphatic carbocycles. The van der Waals surface area contributed by atoms with Crippen molar-refractivity contribution >= 4 is 28.9 Å². The number of hydrazone groups is 1. The molecule has 6 heteroatoms. The smallest absolute Gasteiger partial charge is 0.303 e. The zero-order valence-electron chi connectivity index (χ0n) is 13.6. The molecular weight excluding hydrogens is 336 g/mol. The van der Waals surface area contributed by atoms with Crippen molar-refractivity contribution in [1.29, 1.82) is 0 Å². The second kappa shape index (κ2) is 6.44. The first-order valence-corrected chi connectivity index (χ1v) is 9.27. The van der Waals surface area contributed by atoms with Gasteiger partial charge >= 0.3 is 5.97 Å². The third-order valence-corrected chi connectivity index (χ3v) is 5.82. The molecule has 2 atom stereocenters. The van der Waals surface area contributed by atoms with E-state index in [1.165, 1.54) is 10.6 Å². The van der Waals surface area contributed by atoms with Crippen LogP contribution in [0.3, 0.4) is 0 Å². The van der Waals surface area contributed by atoms with E-state index in [1.54, 1.807) is 11.3 Å². The van der Waals surface area contributed by atoms with Crippen molar-refractivity contribution in [2.24, 2.45) is 11.0 Å². The second-order valence-electron chi connectivity index (χ2n) is 6.38. The molecule has 1 aromatic heterocycles. The number of carboxylic acid groups (broad SMARTS) is 1. The van der Waals surface area contributed by atoms with Gasteiger partial charge in [0.2, 0.25) is 5.91 Å². The fraction of sp³-hybridized carbons (Fsp3) is 0.316. The lowest BCUT2D eigenvalue weighted by molar-refractivity contribution is -0.141. The Balaban J connectivity index is 1.72. The maximum Gasteiger partial charge on any atom is 0.303 e. The molecule has 2 heterocycles. The van der Waals surface area contributed by atoms with Crippen LogP contribution in [0.25, 0.3) is 0 Å². The standard InChI is InChI=1S/C19H18N2O3S/c22-16(9-10-17(23)24)21-19(15-6-3-11-25-15)14-8-7-12-4-1-2-5-13(12)18(14)20-21/h1-6,11,14,19H,7-10H2,(H,23,24). The number of nitrogens with zero attached hydrogens (tertiary/aromatic N) is 2. The number of aryl methyl sites for hydroxylation is 1. The van der Waals surface area contributed by atoms with Crippen molar-refractivity contribution in [3.8, 4) is 0 Å². The fourth-order valence-electron chi connectivity index (χ4n) is 3.74. The molecule has 2 unspecified atom stereocenters. The summed E-state index contributed by atoms with van der Waals surface area (Å²) in [6, 6.07) is 12.1. The summed E-state index contributed by atoms with van der Waals surface area (Å²) < 4.78 is 0. The average Bonchev–Trinajstić information content (AvgIpc) is 3.26. The fourth-order valence-corrected chi connectivity index (χ4v) is 4.61. The Morgan fingerprint density at radius 1 is 1.20 bits per heavy atom. The van der Waals surface area contributed by atoms with Crippen molar-refractivity contribution in [1.82, 2.24) is 5.01 Å². The van der Waals surface area contributed by atoms with Crippen LogP contribution in [-0.4, -0.2) is 27.7 Å². The number of amides is 1. The predicted octanol–water partition coefficient (Wildman–Crippen LogP) is 3.46. The number of hydrogen-bond donors (Lipinski definition) is 1. The predicted molar refractivity (Wildman–Crippen MR) is 95.6 cm³/mol. The number of carboxylic acids is 1. The first-order valence-electron chi connectivity index (χ1n) is 8.39. The van der Waals surface area contributed by atoms with Crippen molar-refractivity contribution in [3.63, 3.8) is 0 Å². The number of hydrogen-bond acceptors (Lipinski definition) is 4. The summed E-state index contributed by atoms with van der Waals surface area (Å²) in [6.45, 7) is 0. The van der Waals surface area contributed by atoms with Gasteiger partial charge in [-0.3, -0.25) is 9.59 Å². The highest BCUT2D eigenvalue weighted by molar-refractivity contribution is 7.10. The molecule has 0 saturated carbocycles. The van der Waals surface area contributed by atoms with Gasteiger partial charge in [0, 0.05) is 22.8 Å². The molecular formula is C19H18N2O3S. The number of fused-ring (bicyclic) bond motifs is 3. The van der Waals surface area contributed by atoms with Crippen molar-refractivity contribution in [2.45, 2.75) is 31.7 Å². The monoisotopic (exact) mass is 354 g/mol. The van der Waals surface area contributed by atoms with Crippen LogP contribution in [-0.2, 0) is 16.0 Å². The minimum atomic E-state index is -0.962. The largest absolute Gasteiger partial charge is 0.481 e. The lowest BCUT2D eigenvalue weighted by Crippen LogP contribution is -2.31. The second-order valence-corrected chi connectivity index (χ2v) is 7.36. The van der Waals surface area contributed by atoms with E-state index >= 15 is 0 Å². The normalized spacial score (nSPS) is 21.4. The summed E-state index contributed by atoms with van der Waals surface area (Å²) in [5.41, 5.74) is 3.35. The van der Waals surface area contributed by atoms with E-state index in [1.807, 2.05) is 29.6 Å². The molecule has 25 heavy (non-hydrogen) atoms. The highest BCUT2D eigenvalue weighted by Gasteiger charge is 2.44. The van der Waals surface area contributed by atoms with Gasteiger partial charge < -0.3 is 5.11 Å². The van der Waals surface area contributed by atoms with Gasteiger partial charge in [0.05, 0.1) is 18.2 Å². The highest BCUT2D eigenvalue weighted by atomic mass is 32.1. The highest BCUT2D eigenvalue weighted by Crippen LogP contribution is 2.44. The number of benzene rings is 1. The molecule has 0 bridgehead atoms. The van der Waals surface area contributed by atoms with E-state index in [-0.39, 0.29) is 30.7 Å². The number of aliphatic carboxylic acids is 1. The maximum atomic E-state index is 12.7. The van der Waals surface area contributed by atoms with Gasteiger partial charge in [-0.05, 0) is 29.9 Å². The van der Waals surface area contributed by atoms with E-state index in [0.29, 0.717) is 0 Å². The molecule has 1 amide bonds. The van der Waals surface area contributed by atoms with Crippen molar-refractivity contribution in [2.75, 3.05) is 0 Å². The third kappa shape index (κ3) is 2.87. The van der Waals surface area contributed by atoms with Crippen LogP contribution >= 0.6 is 11.3 Å². The van der Waals surface area contributed by atoms with Gasteiger partial charge in [0.1, 0.15) is 0 Å². The summed E-state index contributed by atoms with van der Waals surface area (Å²) in [6.07, 6.45) is 1.72. The SMILES string of the molecule is O=C(O)CCC(=O)N1N=C2c3ccccc3CCC2C1c1cccs1. The van der Waals surface area contributed by atoms with Gasteiger partial charge in [-0.2, -0.15) is 5.10 Å². The Morgan fingerprint density at radius 3 is 2.80 bits per heavy atom. The molecule has 5 nitrogen and oxygen atoms in total. The maximum absolute atomic E-state index is 12.7. The molecule has 0 radical (unpaired) electrons. The van der Waals surface area contributed by atoms with E-state index < -0.39 is 5.97 Å². The van der Waals surface area contributed by atoms with Crippen LogP contribution in [0.4, 0.5) is 0 Å². The van der Waals surface area contributed by atoms with Crippen LogP contribution in [0.2, 0.25) is 0 Å². The molecule has 0 saturated heterocycles. The molecule has 1 aliphatic heterocycles. The van der Waals surface area contributed by atoms with Crippen LogP contribution in [0.15, 0.2) is 46.9 Å². The summed E-state index contributed by atoms with van der Waals surface area (Å²) in [7, 11) is 0. The van der Waals surface area contributed by atoms with E-state index in [2.05, 4.69) is 17.2 Å². The van der Waals surface area contributed by atoms with Gasteiger partial charge in [-0.1, -0.05) is 30.3 Å². The van der Waals surface area contributed by atoms with Crippen LogP contribution < -0.4 is 0 Å². The van der Waals surface area contributed by atoms with E-state index in [4.69, 9.17) is 5.11 Å². The van der Waals surface area contributed by atoms with Crippen LogP contribution in [0.5, 0.6) is 0 Å². The Labute approximate surface area is 149 Å². The van der Waals surface area contributed by atoms with Gasteiger partial charge in [-0.15, -0.1) is 11.3 Å². The molecule has 2 aromatic rings. The first kappa shape index (κ1) is 16.0. The van der Waals surface area contributed by atoms with Gasteiger partial charge in [0.25, 0.3) is 0 Å². The van der Waals surface area contributed by atoms with Gasteiger partial charge in [0.15, 0.2) is 0 Å². The summed E-state index contributed by atoms with van der Waals surface area (Å²) >= 11 is 1.62. The average molecular weight is 354 g/mol. The van der Waals surface area contributed by atoms with Crippen molar-refractivity contribution in [3.05, 3.63) is 57.8 Å². The number of thiophene rings is 1. The number of rotatable bonds is 4. The Bertz CT molecular complexity index is 844. The van der Waals surface area contributed by atoms with Crippen LogP contribution in [0.1, 0.15) is 41.3 Å². The lowest BCUT2D eigenvalue weighted by atomic mass is 9.79. The molecule has 128 valence electrons. The molecule has 0 spiro atoms. The topological polar surface area (TPSA) is 70.0 Å². The number of carbonyl (C=O) groups is 2. The summed E-state index contributed by atoms with van der Waals surface area (Å²) in [5, 5.41) is 17.1. The van der Waals surface area contributed by atoms with Crippen LogP contribution in [0, 0.1) is 5.92 Å². The Kier molecular flexibility index (Phi) is 4.13.